The van der Waals surface area contributed by atoms with E-state index >= 15 is 0 Å². The Hall–Kier alpha value is -0.780. The summed E-state index contributed by atoms with van der Waals surface area (Å²) in [7, 11) is -4.67. The summed E-state index contributed by atoms with van der Waals surface area (Å²) < 4.78 is 31.6. The van der Waals surface area contributed by atoms with Gasteiger partial charge in [-0.15, -0.1) is 0 Å². The summed E-state index contributed by atoms with van der Waals surface area (Å²) in [6, 6.07) is -0.713. The van der Waals surface area contributed by atoms with Gasteiger partial charge in [0.05, 0.1) is 0 Å². The maximum Gasteiger partial charge on any atom is 0.394 e. The molecule has 0 saturated carbocycles. The number of hydrogen-bond donors (Lipinski definition) is 6. The summed E-state index contributed by atoms with van der Waals surface area (Å²) in [5.41, 5.74) is 5.16. The fraction of sp³-hybridized carbons (Fsp3) is 0.800. The van der Waals surface area contributed by atoms with Crippen molar-refractivity contribution in [2.75, 3.05) is 0 Å². The summed E-state index contributed by atoms with van der Waals surface area (Å²) in [4.78, 5) is 10.0. The molecule has 0 aromatic carbocycles. The van der Waals surface area contributed by atoms with Gasteiger partial charge in [-0.25, -0.2) is 0 Å². The molecule has 0 aromatic heterocycles. The molecule has 0 saturated heterocycles. The van der Waals surface area contributed by atoms with Crippen molar-refractivity contribution in [2.24, 2.45) is 11.7 Å². The third kappa shape index (κ3) is 31.9. The summed E-state index contributed by atoms with van der Waals surface area (Å²) in [6.07, 6.45) is 0. The first-order valence-corrected chi connectivity index (χ1v) is 4.63. The van der Waals surface area contributed by atoms with Gasteiger partial charge in [0.1, 0.15) is 6.04 Å². The van der Waals surface area contributed by atoms with Crippen molar-refractivity contribution >= 4 is 16.4 Å². The van der Waals surface area contributed by atoms with Gasteiger partial charge in [0.25, 0.3) is 0 Å². The summed E-state index contributed by atoms with van der Waals surface area (Å²) in [6.45, 7) is 3.55. The lowest BCUT2D eigenvalue weighted by atomic mass is 10.1. The minimum atomic E-state index is -4.67. The Labute approximate surface area is 88.4 Å². The van der Waals surface area contributed by atoms with Gasteiger partial charge >= 0.3 is 16.4 Å². The molecule has 0 heterocycles. The second-order valence-corrected chi connectivity index (χ2v) is 3.45. The van der Waals surface area contributed by atoms with Gasteiger partial charge in [0.2, 0.25) is 0 Å². The van der Waals surface area contributed by atoms with Crippen molar-refractivity contribution in [1.29, 1.82) is 0 Å². The van der Waals surface area contributed by atoms with Crippen LogP contribution in [-0.2, 0) is 15.2 Å². The number of carboxylic acid groups (broad SMARTS) is 1. The Morgan fingerprint density at radius 1 is 1.20 bits per heavy atom. The molecule has 0 aliphatic heterocycles. The Balaban J connectivity index is -0.0000000770. The van der Waals surface area contributed by atoms with E-state index in [1.165, 1.54) is 0 Å². The number of aliphatic carboxylic acids is 1. The maximum absolute atomic E-state index is 10.0. The standard InChI is InChI=1S/C5H11NO2.2H3N.H2O4S/c1-3(2)4(6)5(7)8;;;1-5(2,3)4/h3-4H,6H2,1-2H3,(H,7,8);2*1H3;(H2,1,2,3,4). The van der Waals surface area contributed by atoms with Crippen molar-refractivity contribution in [3.63, 3.8) is 0 Å². The second-order valence-electron chi connectivity index (χ2n) is 2.56. The van der Waals surface area contributed by atoms with Gasteiger partial charge in [-0.05, 0) is 5.92 Å². The number of carboxylic acids is 1. The van der Waals surface area contributed by atoms with Crippen LogP contribution < -0.4 is 18.0 Å². The number of nitrogens with two attached hydrogens (primary N) is 1. The highest BCUT2D eigenvalue weighted by Gasteiger charge is 2.14. The maximum atomic E-state index is 10.0. The quantitative estimate of drug-likeness (QED) is 0.355. The first-order valence-electron chi connectivity index (χ1n) is 3.24. The number of carbonyl (C=O) groups is 1. The third-order valence-corrected chi connectivity index (χ3v) is 1.00. The highest BCUT2D eigenvalue weighted by Crippen LogP contribution is 1.96. The zero-order valence-electron chi connectivity index (χ0n) is 8.62. The second kappa shape index (κ2) is 9.76. The van der Waals surface area contributed by atoms with Gasteiger partial charge in [-0.1, -0.05) is 13.8 Å². The molecule has 0 bridgehead atoms. The Kier molecular flexibility index (Phi) is 15.5. The molecule has 0 spiro atoms. The van der Waals surface area contributed by atoms with Crippen molar-refractivity contribution < 1.29 is 27.4 Å². The van der Waals surface area contributed by atoms with Crippen LogP contribution in [0.5, 0.6) is 0 Å². The van der Waals surface area contributed by atoms with Crippen LogP contribution in [0.4, 0.5) is 0 Å². The van der Waals surface area contributed by atoms with Gasteiger partial charge in [-0.3, -0.25) is 13.9 Å². The van der Waals surface area contributed by atoms with Gasteiger partial charge in [0.15, 0.2) is 0 Å². The molecular formula is C5H19N3O6S. The molecule has 0 aromatic rings. The van der Waals surface area contributed by atoms with Crippen LogP contribution in [-0.4, -0.2) is 34.6 Å². The fourth-order valence-corrected chi connectivity index (χ4v) is 0.285. The van der Waals surface area contributed by atoms with E-state index in [1.54, 1.807) is 13.8 Å². The summed E-state index contributed by atoms with van der Waals surface area (Å²) >= 11 is 0. The van der Waals surface area contributed by atoms with E-state index in [2.05, 4.69) is 0 Å². The average Bonchev–Trinajstić information content (AvgIpc) is 1.81. The summed E-state index contributed by atoms with van der Waals surface area (Å²) in [5.74, 6) is -0.910. The van der Waals surface area contributed by atoms with Crippen LogP contribution in [0.25, 0.3) is 0 Å². The highest BCUT2D eigenvalue weighted by atomic mass is 32.3. The zero-order chi connectivity index (χ0) is 11.2. The first-order chi connectivity index (χ1) is 5.55. The third-order valence-electron chi connectivity index (χ3n) is 1.00. The molecule has 0 aliphatic rings. The largest absolute Gasteiger partial charge is 0.480 e. The molecule has 1 atom stereocenters. The molecule has 0 radical (unpaired) electrons. The van der Waals surface area contributed by atoms with E-state index in [0.29, 0.717) is 0 Å². The molecular weight excluding hydrogens is 230 g/mol. The molecule has 0 fully saturated rings. The average molecular weight is 249 g/mol. The lowest BCUT2D eigenvalue weighted by Crippen LogP contribution is -2.34. The van der Waals surface area contributed by atoms with Crippen LogP contribution in [0, 0.1) is 5.92 Å². The minimum absolute atomic E-state index is 0. The molecule has 0 amide bonds. The smallest absolute Gasteiger partial charge is 0.394 e. The predicted molar refractivity (Wildman–Crippen MR) is 54.7 cm³/mol. The molecule has 0 aliphatic carbocycles. The lowest BCUT2D eigenvalue weighted by Gasteiger charge is -2.07. The van der Waals surface area contributed by atoms with Crippen LogP contribution in [0.2, 0.25) is 0 Å². The monoisotopic (exact) mass is 249 g/mol. The topological polar surface area (TPSA) is 208 Å². The highest BCUT2D eigenvalue weighted by molar-refractivity contribution is 7.79. The van der Waals surface area contributed by atoms with Crippen LogP contribution >= 0.6 is 0 Å². The predicted octanol–water partition coefficient (Wildman–Crippen LogP) is -0.274. The van der Waals surface area contributed by atoms with Gasteiger partial charge in [-0.2, -0.15) is 8.42 Å². The minimum Gasteiger partial charge on any atom is -0.480 e. The lowest BCUT2D eigenvalue weighted by molar-refractivity contribution is -0.139. The number of hydrogen-bond acceptors (Lipinski definition) is 6. The van der Waals surface area contributed by atoms with Crippen LogP contribution in [0.1, 0.15) is 13.8 Å². The fourth-order valence-electron chi connectivity index (χ4n) is 0.285. The van der Waals surface area contributed by atoms with Crippen molar-refractivity contribution in [3.8, 4) is 0 Å². The zero-order valence-corrected chi connectivity index (χ0v) is 9.44. The van der Waals surface area contributed by atoms with Crippen LogP contribution in [0.3, 0.4) is 0 Å². The Morgan fingerprint density at radius 2 is 1.40 bits per heavy atom. The van der Waals surface area contributed by atoms with Gasteiger partial charge in [0, 0.05) is 0 Å². The van der Waals surface area contributed by atoms with E-state index in [9.17, 15) is 4.79 Å². The first kappa shape index (κ1) is 23.8. The molecule has 11 N–H and O–H groups in total. The Bertz CT molecular complexity index is 243. The molecule has 1 unspecified atom stereocenters. The molecule has 9 nitrogen and oxygen atoms in total. The van der Waals surface area contributed by atoms with E-state index in [-0.39, 0.29) is 18.2 Å². The van der Waals surface area contributed by atoms with E-state index in [1.807, 2.05) is 0 Å². The SMILES string of the molecule is CC(C)C(N)C(=O)O.N.N.O=S(=O)(O)O. The van der Waals surface area contributed by atoms with Crippen molar-refractivity contribution in [2.45, 2.75) is 19.9 Å². The van der Waals surface area contributed by atoms with Gasteiger partial charge < -0.3 is 23.1 Å². The van der Waals surface area contributed by atoms with Crippen molar-refractivity contribution in [1.82, 2.24) is 12.3 Å². The molecule has 96 valence electrons. The van der Waals surface area contributed by atoms with E-state index in [4.69, 9.17) is 28.4 Å². The molecule has 15 heavy (non-hydrogen) atoms. The molecule has 10 heteroatoms. The Morgan fingerprint density at radius 3 is 1.40 bits per heavy atom. The van der Waals surface area contributed by atoms with E-state index < -0.39 is 22.4 Å². The van der Waals surface area contributed by atoms with E-state index in [0.717, 1.165) is 0 Å². The van der Waals surface area contributed by atoms with Crippen molar-refractivity contribution in [3.05, 3.63) is 0 Å². The number of rotatable bonds is 2. The molecule has 0 rings (SSSR count). The van der Waals surface area contributed by atoms with Crippen LogP contribution in [0.15, 0.2) is 0 Å². The normalized spacial score (nSPS) is 11.3. The summed E-state index contributed by atoms with van der Waals surface area (Å²) in [5, 5.41) is 8.23.